The normalized spacial score (nSPS) is 11.9. The van der Waals surface area contributed by atoms with Gasteiger partial charge < -0.3 is 0 Å². The molecule has 0 fully saturated rings. The lowest BCUT2D eigenvalue weighted by molar-refractivity contribution is 0.539. The highest BCUT2D eigenvalue weighted by atomic mass is 32.2. The zero-order valence-electron chi connectivity index (χ0n) is 13.5. The van der Waals surface area contributed by atoms with Crippen LogP contribution in [0.2, 0.25) is 0 Å². The molecule has 0 unspecified atom stereocenters. The van der Waals surface area contributed by atoms with Crippen molar-refractivity contribution in [2.24, 2.45) is 14.1 Å². The van der Waals surface area contributed by atoms with E-state index in [4.69, 9.17) is 0 Å². The molecular weight excluding hydrogens is 300 g/mol. The fourth-order valence-corrected chi connectivity index (χ4v) is 2.76. The van der Waals surface area contributed by atoms with Crippen LogP contribution in [0.3, 0.4) is 0 Å². The van der Waals surface area contributed by atoms with Crippen LogP contribution in [0.1, 0.15) is 26.6 Å². The predicted octanol–water partition coefficient (Wildman–Crippen LogP) is 1.60. The van der Waals surface area contributed by atoms with Crippen LogP contribution < -0.4 is 11.2 Å². The van der Waals surface area contributed by atoms with E-state index in [0.29, 0.717) is 27.6 Å². The number of rotatable bonds is 3. The predicted molar refractivity (Wildman–Crippen MR) is 89.6 cm³/mol. The molecule has 2 rings (SSSR count). The first-order chi connectivity index (χ1) is 10.2. The first kappa shape index (κ1) is 16.5. The second-order valence-corrected chi connectivity index (χ2v) is 7.12. The molecular formula is C15H20N4O2S. The molecule has 0 saturated heterocycles. The summed E-state index contributed by atoms with van der Waals surface area (Å²) in [5.74, 6) is 1.23. The van der Waals surface area contributed by atoms with Gasteiger partial charge in [-0.2, -0.15) is 0 Å². The standard InChI is InChI=1S/C15H20N4O2S/c1-7-8-22-11-9-10(16-13(17-11)15(2,3)4)18(5)14(21)19(6)12(9)20/h7H,1,8H2,2-6H3. The molecule has 0 saturated carbocycles. The van der Waals surface area contributed by atoms with Crippen LogP contribution in [0.4, 0.5) is 0 Å². The van der Waals surface area contributed by atoms with E-state index < -0.39 is 5.69 Å². The average molecular weight is 320 g/mol. The molecule has 0 aromatic carbocycles. The highest BCUT2D eigenvalue weighted by molar-refractivity contribution is 7.99. The van der Waals surface area contributed by atoms with Gasteiger partial charge in [-0.25, -0.2) is 14.8 Å². The summed E-state index contributed by atoms with van der Waals surface area (Å²) >= 11 is 1.42. The molecule has 0 N–H and O–H groups in total. The Kier molecular flexibility index (Phi) is 4.28. The number of hydrogen-bond acceptors (Lipinski definition) is 5. The van der Waals surface area contributed by atoms with Crippen LogP contribution in [-0.2, 0) is 19.5 Å². The molecule has 0 aliphatic carbocycles. The molecule has 0 spiro atoms. The van der Waals surface area contributed by atoms with E-state index in [2.05, 4.69) is 16.5 Å². The molecule has 0 aliphatic heterocycles. The molecule has 0 amide bonds. The number of nitrogens with zero attached hydrogens (tertiary/aromatic N) is 4. The van der Waals surface area contributed by atoms with Gasteiger partial charge in [0.15, 0.2) is 5.65 Å². The fourth-order valence-electron chi connectivity index (χ4n) is 2.01. The van der Waals surface area contributed by atoms with Crippen molar-refractivity contribution in [3.05, 3.63) is 39.3 Å². The van der Waals surface area contributed by atoms with Crippen molar-refractivity contribution in [2.45, 2.75) is 31.2 Å². The lowest BCUT2D eigenvalue weighted by atomic mass is 9.96. The van der Waals surface area contributed by atoms with Crippen molar-refractivity contribution in [1.29, 1.82) is 0 Å². The van der Waals surface area contributed by atoms with Crippen LogP contribution >= 0.6 is 11.8 Å². The molecule has 0 bridgehead atoms. The molecule has 0 atom stereocenters. The van der Waals surface area contributed by atoms with Gasteiger partial charge >= 0.3 is 5.69 Å². The monoisotopic (exact) mass is 320 g/mol. The van der Waals surface area contributed by atoms with Crippen molar-refractivity contribution in [1.82, 2.24) is 19.1 Å². The first-order valence-electron chi connectivity index (χ1n) is 6.90. The first-order valence-corrected chi connectivity index (χ1v) is 7.89. The van der Waals surface area contributed by atoms with Crippen LogP contribution in [0, 0.1) is 0 Å². The summed E-state index contributed by atoms with van der Waals surface area (Å²) in [5, 5.41) is 0.968. The zero-order chi connectivity index (χ0) is 16.7. The van der Waals surface area contributed by atoms with E-state index in [-0.39, 0.29) is 11.0 Å². The third-order valence-corrected chi connectivity index (χ3v) is 4.25. The van der Waals surface area contributed by atoms with E-state index >= 15 is 0 Å². The minimum absolute atomic E-state index is 0.283. The third-order valence-electron chi connectivity index (χ3n) is 3.28. The Bertz CT molecular complexity index is 859. The Balaban J connectivity index is 2.98. The second kappa shape index (κ2) is 5.72. The van der Waals surface area contributed by atoms with Gasteiger partial charge in [-0.15, -0.1) is 18.3 Å². The summed E-state index contributed by atoms with van der Waals surface area (Å²) in [4.78, 5) is 33.6. The average Bonchev–Trinajstić information content (AvgIpc) is 2.46. The van der Waals surface area contributed by atoms with Crippen LogP contribution in [-0.4, -0.2) is 24.9 Å². The van der Waals surface area contributed by atoms with Gasteiger partial charge in [-0.3, -0.25) is 13.9 Å². The van der Waals surface area contributed by atoms with Crippen LogP contribution in [0.5, 0.6) is 0 Å². The van der Waals surface area contributed by atoms with E-state index in [0.717, 1.165) is 4.57 Å². The van der Waals surface area contributed by atoms with Crippen molar-refractivity contribution < 1.29 is 0 Å². The van der Waals surface area contributed by atoms with Crippen molar-refractivity contribution in [2.75, 3.05) is 5.75 Å². The minimum Gasteiger partial charge on any atom is -0.280 e. The van der Waals surface area contributed by atoms with E-state index in [9.17, 15) is 9.59 Å². The molecule has 2 aromatic heterocycles. The minimum atomic E-state index is -0.393. The second-order valence-electron chi connectivity index (χ2n) is 6.11. The van der Waals surface area contributed by atoms with Crippen molar-refractivity contribution in [3.63, 3.8) is 0 Å². The molecule has 118 valence electrons. The number of hydrogen-bond donors (Lipinski definition) is 0. The summed E-state index contributed by atoms with van der Waals surface area (Å²) in [6.07, 6.45) is 1.75. The largest absolute Gasteiger partial charge is 0.332 e. The van der Waals surface area contributed by atoms with Crippen molar-refractivity contribution in [3.8, 4) is 0 Å². The van der Waals surface area contributed by atoms with Gasteiger partial charge in [0, 0.05) is 25.3 Å². The highest BCUT2D eigenvalue weighted by Crippen LogP contribution is 2.26. The Morgan fingerprint density at radius 3 is 2.36 bits per heavy atom. The maximum atomic E-state index is 12.5. The van der Waals surface area contributed by atoms with Gasteiger partial charge in [-0.1, -0.05) is 26.8 Å². The lowest BCUT2D eigenvalue weighted by Gasteiger charge is -2.19. The summed E-state index contributed by atoms with van der Waals surface area (Å²) in [7, 11) is 3.08. The Morgan fingerprint density at radius 1 is 1.18 bits per heavy atom. The summed E-state index contributed by atoms with van der Waals surface area (Å²) < 4.78 is 2.48. The van der Waals surface area contributed by atoms with Crippen molar-refractivity contribution >= 4 is 22.8 Å². The topological polar surface area (TPSA) is 69.8 Å². The van der Waals surface area contributed by atoms with Gasteiger partial charge in [0.05, 0.1) is 0 Å². The smallest absolute Gasteiger partial charge is 0.280 e. The molecule has 22 heavy (non-hydrogen) atoms. The van der Waals surface area contributed by atoms with Gasteiger partial charge in [0.25, 0.3) is 5.56 Å². The summed E-state index contributed by atoms with van der Waals surface area (Å²) in [6, 6.07) is 0. The highest BCUT2D eigenvalue weighted by Gasteiger charge is 2.23. The van der Waals surface area contributed by atoms with Crippen LogP contribution in [0.15, 0.2) is 27.3 Å². The van der Waals surface area contributed by atoms with E-state index in [1.54, 1.807) is 13.1 Å². The molecule has 0 aliphatic rings. The molecule has 2 heterocycles. The Hall–Kier alpha value is -1.89. The number of fused-ring (bicyclic) bond motifs is 1. The quantitative estimate of drug-likeness (QED) is 0.488. The van der Waals surface area contributed by atoms with Crippen LogP contribution in [0.25, 0.3) is 11.0 Å². The molecule has 7 heteroatoms. The zero-order valence-corrected chi connectivity index (χ0v) is 14.3. The van der Waals surface area contributed by atoms with Gasteiger partial charge in [-0.05, 0) is 0 Å². The molecule has 6 nitrogen and oxygen atoms in total. The molecule has 0 radical (unpaired) electrons. The summed E-state index contributed by atoms with van der Waals surface area (Å²) in [6.45, 7) is 9.68. The number of aromatic nitrogens is 4. The maximum Gasteiger partial charge on any atom is 0.332 e. The third kappa shape index (κ3) is 2.72. The van der Waals surface area contributed by atoms with E-state index in [1.807, 2.05) is 20.8 Å². The van der Waals surface area contributed by atoms with E-state index in [1.165, 1.54) is 23.4 Å². The van der Waals surface area contributed by atoms with Gasteiger partial charge in [0.1, 0.15) is 16.2 Å². The fraction of sp³-hybridized carbons (Fsp3) is 0.467. The SMILES string of the molecule is C=CCSc1nc(C(C)(C)C)nc2c1c(=O)n(C)c(=O)n2C. The van der Waals surface area contributed by atoms with Gasteiger partial charge in [0.2, 0.25) is 0 Å². The Labute approximate surface area is 132 Å². The lowest BCUT2D eigenvalue weighted by Crippen LogP contribution is -2.38. The molecule has 2 aromatic rings. The number of aryl methyl sites for hydroxylation is 1. The summed E-state index contributed by atoms with van der Waals surface area (Å²) in [5.41, 5.74) is -0.671. The number of thioether (sulfide) groups is 1. The maximum absolute atomic E-state index is 12.5. The Morgan fingerprint density at radius 2 is 1.82 bits per heavy atom.